The van der Waals surface area contributed by atoms with E-state index in [0.29, 0.717) is 38.8 Å². The van der Waals surface area contributed by atoms with Gasteiger partial charge in [0.25, 0.3) is 0 Å². The first-order chi connectivity index (χ1) is 40.9. The maximum atomic E-state index is 12.8. The molecule has 2 rings (SSSR count). The number of carbonyl (C=O) groups is 11. The number of rotatable bonds is 40. The lowest BCUT2D eigenvalue weighted by atomic mass is 9.80. The molecule has 2 saturated heterocycles. The molecule has 0 spiro atoms. The zero-order valence-corrected chi connectivity index (χ0v) is 53.4. The fourth-order valence-corrected chi connectivity index (χ4v) is 10.1. The van der Waals surface area contributed by atoms with Crippen LogP contribution < -0.4 is 26.6 Å². The largest absolute Gasteiger partial charge is 0.463 e. The predicted octanol–water partition coefficient (Wildman–Crippen LogP) is 2.55. The summed E-state index contributed by atoms with van der Waals surface area (Å²) in [6.45, 7) is 22.5. The van der Waals surface area contributed by atoms with E-state index >= 15 is 0 Å². The van der Waals surface area contributed by atoms with Crippen LogP contribution in [0.3, 0.4) is 0 Å². The Morgan fingerprint density at radius 1 is 0.494 bits per heavy atom. The Hall–Kier alpha value is -6.07. The molecule has 5 amide bonds. The second-order valence-corrected chi connectivity index (χ2v) is 23.2. The van der Waals surface area contributed by atoms with Crippen LogP contribution in [-0.2, 0) is 110 Å². The van der Waals surface area contributed by atoms with E-state index in [1.807, 2.05) is 6.92 Å². The Kier molecular flexibility index (Phi) is 35.8. The summed E-state index contributed by atoms with van der Waals surface area (Å²) in [6, 6.07) is -2.65. The second kappa shape index (κ2) is 40.5. The summed E-state index contributed by atoms with van der Waals surface area (Å²) >= 11 is 0. The summed E-state index contributed by atoms with van der Waals surface area (Å²) in [4.78, 5) is 134. The molecule has 498 valence electrons. The van der Waals surface area contributed by atoms with Gasteiger partial charge in [0, 0.05) is 87.7 Å². The van der Waals surface area contributed by atoms with Crippen LogP contribution >= 0.6 is 0 Å². The molecular weight excluding hydrogens is 1150 g/mol. The molecule has 0 aromatic rings. The summed E-state index contributed by atoms with van der Waals surface area (Å²) in [5, 5.41) is 14.1. The van der Waals surface area contributed by atoms with Crippen molar-refractivity contribution in [1.82, 2.24) is 26.6 Å². The maximum Gasteiger partial charge on any atom is 0.303 e. The number of hydrogen-bond donors (Lipinski definition) is 5. The highest BCUT2D eigenvalue weighted by Crippen LogP contribution is 2.33. The Morgan fingerprint density at radius 3 is 1.30 bits per heavy atom. The fraction of sp³-hybridized carbons (Fsp3) is 0.814. The summed E-state index contributed by atoms with van der Waals surface area (Å²) in [5.74, 6) is -5.12. The molecule has 2 aliphatic heterocycles. The van der Waals surface area contributed by atoms with E-state index in [-0.39, 0.29) is 113 Å². The van der Waals surface area contributed by atoms with Crippen molar-refractivity contribution in [3.05, 3.63) is 0 Å². The number of carbonyl (C=O) groups excluding carboxylic acids is 11. The van der Waals surface area contributed by atoms with Crippen molar-refractivity contribution in [2.24, 2.45) is 23.2 Å². The lowest BCUT2D eigenvalue weighted by molar-refractivity contribution is -0.278. The van der Waals surface area contributed by atoms with Gasteiger partial charge in [-0.05, 0) is 61.7 Å². The number of hydrogen-bond acceptors (Lipinski definition) is 23. The van der Waals surface area contributed by atoms with Gasteiger partial charge in [0.15, 0.2) is 37.0 Å². The van der Waals surface area contributed by atoms with Crippen LogP contribution in [0.2, 0.25) is 0 Å². The molecular formula is C59H99N5O23. The van der Waals surface area contributed by atoms with Crippen molar-refractivity contribution in [3.8, 4) is 0 Å². The van der Waals surface area contributed by atoms with Crippen LogP contribution in [0.15, 0.2) is 0 Å². The molecule has 2 fully saturated rings. The lowest BCUT2D eigenvalue weighted by Gasteiger charge is -2.45. The summed E-state index contributed by atoms with van der Waals surface area (Å²) < 4.78 is 68.2. The third kappa shape index (κ3) is 32.7. The van der Waals surface area contributed by atoms with Crippen LogP contribution in [0, 0.1) is 23.2 Å². The molecule has 2 aliphatic rings. The highest BCUT2D eigenvalue weighted by molar-refractivity contribution is 5.77. The van der Waals surface area contributed by atoms with Gasteiger partial charge in [-0.15, -0.1) is 0 Å². The van der Waals surface area contributed by atoms with Gasteiger partial charge in [0.05, 0.1) is 45.7 Å². The van der Waals surface area contributed by atoms with Crippen LogP contribution in [0.25, 0.3) is 0 Å². The number of esters is 6. The minimum absolute atomic E-state index is 0.0815. The average molecular weight is 1250 g/mol. The van der Waals surface area contributed by atoms with Gasteiger partial charge in [-0.2, -0.15) is 0 Å². The third-order valence-electron chi connectivity index (χ3n) is 14.0. The van der Waals surface area contributed by atoms with E-state index in [9.17, 15) is 52.7 Å². The predicted molar refractivity (Wildman–Crippen MR) is 308 cm³/mol. The van der Waals surface area contributed by atoms with Crippen LogP contribution in [0.1, 0.15) is 155 Å². The fourth-order valence-electron chi connectivity index (χ4n) is 10.1. The Balaban J connectivity index is 1.77. The zero-order valence-electron chi connectivity index (χ0n) is 53.4. The molecule has 0 bridgehead atoms. The van der Waals surface area contributed by atoms with E-state index in [1.54, 1.807) is 6.92 Å². The smallest absolute Gasteiger partial charge is 0.303 e. The van der Waals surface area contributed by atoms with E-state index in [0.717, 1.165) is 26.7 Å². The van der Waals surface area contributed by atoms with E-state index in [2.05, 4.69) is 54.3 Å². The van der Waals surface area contributed by atoms with Crippen molar-refractivity contribution in [2.75, 3.05) is 65.9 Å². The third-order valence-corrected chi connectivity index (χ3v) is 14.0. The van der Waals surface area contributed by atoms with Gasteiger partial charge in [-0.1, -0.05) is 41.5 Å². The molecule has 14 atom stereocenters. The number of nitrogens with one attached hydrogen (secondary N) is 5. The Bertz CT molecular complexity index is 2220. The molecule has 0 saturated carbocycles. The minimum Gasteiger partial charge on any atom is -0.463 e. The molecule has 5 N–H and O–H groups in total. The summed E-state index contributed by atoms with van der Waals surface area (Å²) in [6.07, 6.45) is -4.91. The van der Waals surface area contributed by atoms with Gasteiger partial charge in [0.1, 0.15) is 37.5 Å². The first kappa shape index (κ1) is 77.0. The van der Waals surface area contributed by atoms with Gasteiger partial charge >= 0.3 is 35.8 Å². The molecule has 87 heavy (non-hydrogen) atoms. The number of amides is 5. The molecule has 14 unspecified atom stereocenters. The van der Waals surface area contributed by atoms with Crippen LogP contribution in [0.4, 0.5) is 0 Å². The molecule has 0 aromatic carbocycles. The van der Waals surface area contributed by atoms with Gasteiger partial charge in [-0.25, -0.2) is 0 Å². The SMILES string of the molecule is CCC(=O)NC(COCCC(=O)NCCC(C)CC(C)CCOC1OC(COC(C)=O)C(OC(C)=O)C(OC(C)=O)C1NC(C)=O)COCCC(=O)NCCC(C)(C)CC(C)CCOC1OC(COC(C)=O)C(OC(C)=O)C(OC(C)=O)C1NC(C)=O. The van der Waals surface area contributed by atoms with Crippen LogP contribution in [-0.4, -0.2) is 199 Å². The monoisotopic (exact) mass is 1250 g/mol. The standard InChI is InChI=1S/C59H99N5O23/c1-15-48(73)64-45(30-76-24-19-49(74)60-22-16-34(2)28-35(3)17-26-78-57-51(62-37(5)65)55(84-43(11)71)53(82-41(9)69)46(86-57)32-80-39(7)67)31-77-25-20-50(75)61-23-21-59(13,14)29-36(4)18-27-79-58-52(63-38(6)66)56(85-44(12)72)54(83-42(10)70)47(87-58)33-81-40(8)68/h34-36,45-47,51-58H,15-33H2,1-14H3,(H,60,74)(H,61,75)(H,62,65)(H,63,66)(H,64,73). The summed E-state index contributed by atoms with van der Waals surface area (Å²) in [7, 11) is 0. The van der Waals surface area contributed by atoms with E-state index in [4.69, 9.17) is 56.8 Å². The molecule has 2 heterocycles. The molecule has 0 aliphatic carbocycles. The first-order valence-electron chi connectivity index (χ1n) is 29.9. The van der Waals surface area contributed by atoms with Crippen molar-refractivity contribution in [2.45, 2.75) is 222 Å². The van der Waals surface area contributed by atoms with E-state index in [1.165, 1.54) is 41.5 Å². The Morgan fingerprint density at radius 2 is 0.897 bits per heavy atom. The van der Waals surface area contributed by atoms with Crippen molar-refractivity contribution in [3.63, 3.8) is 0 Å². The Labute approximate surface area is 511 Å². The second-order valence-electron chi connectivity index (χ2n) is 23.2. The highest BCUT2D eigenvalue weighted by atomic mass is 16.7. The zero-order chi connectivity index (χ0) is 65.4. The molecule has 0 aromatic heterocycles. The lowest BCUT2D eigenvalue weighted by Crippen LogP contribution is -2.66. The topological polar surface area (TPSA) is 359 Å². The van der Waals surface area contributed by atoms with Gasteiger partial charge < -0.3 is 83.4 Å². The molecule has 28 nitrogen and oxygen atoms in total. The van der Waals surface area contributed by atoms with Crippen molar-refractivity contribution < 1.29 is 110 Å². The van der Waals surface area contributed by atoms with E-state index < -0.39 is 115 Å². The first-order valence-corrected chi connectivity index (χ1v) is 29.9. The normalized spacial score (nSPS) is 23.2. The number of ether oxygens (including phenoxy) is 12. The minimum atomic E-state index is -1.23. The maximum absolute atomic E-state index is 12.8. The van der Waals surface area contributed by atoms with Crippen molar-refractivity contribution in [1.29, 1.82) is 0 Å². The summed E-state index contributed by atoms with van der Waals surface area (Å²) in [5.41, 5.74) is -0.193. The molecule has 0 radical (unpaired) electrons. The molecule has 28 heteroatoms. The van der Waals surface area contributed by atoms with Crippen LogP contribution in [0.5, 0.6) is 0 Å². The van der Waals surface area contributed by atoms with Gasteiger partial charge in [0.2, 0.25) is 29.5 Å². The quantitative estimate of drug-likeness (QED) is 0.0334. The average Bonchev–Trinajstić information content (AvgIpc) is 1.08. The van der Waals surface area contributed by atoms with Gasteiger partial charge in [-0.3, -0.25) is 52.7 Å². The van der Waals surface area contributed by atoms with Crippen molar-refractivity contribution >= 4 is 65.4 Å². The highest BCUT2D eigenvalue weighted by Gasteiger charge is 2.53.